The first-order valence-corrected chi connectivity index (χ1v) is 8.49. The van der Waals surface area contributed by atoms with Crippen LogP contribution in [0.3, 0.4) is 0 Å². The molecule has 0 amide bonds. The molecule has 1 saturated heterocycles. The molecule has 0 radical (unpaired) electrons. The molecule has 144 valence electrons. The van der Waals surface area contributed by atoms with Crippen molar-refractivity contribution < 1.29 is 28.8 Å². The molecule has 0 unspecified atom stereocenters. The molecule has 0 aromatic heterocycles. The van der Waals surface area contributed by atoms with Gasteiger partial charge in [-0.2, -0.15) is 0 Å². The van der Waals surface area contributed by atoms with Crippen LogP contribution in [-0.2, 0) is 29.5 Å². The molecule has 5 atom stereocenters. The lowest BCUT2D eigenvalue weighted by atomic mass is 9.86. The molecule has 7 nitrogen and oxygen atoms in total. The molecule has 0 aliphatic carbocycles. The number of hydrogen-bond donors (Lipinski definition) is 2. The molecular weight excluding hydrogens is 338 g/mol. The Bertz CT molecular complexity index is 595. The summed E-state index contributed by atoms with van der Waals surface area (Å²) in [5.41, 5.74) is 0.574. The van der Waals surface area contributed by atoms with Gasteiger partial charge in [-0.05, 0) is 6.92 Å². The van der Waals surface area contributed by atoms with Gasteiger partial charge in [-0.15, -0.1) is 0 Å². The fraction of sp³-hybridized carbons (Fsp3) is 0.526. The van der Waals surface area contributed by atoms with Crippen molar-refractivity contribution in [2.45, 2.75) is 37.1 Å². The maximum atomic E-state index is 11.8. The summed E-state index contributed by atoms with van der Waals surface area (Å²) in [7, 11) is 3.02. The van der Waals surface area contributed by atoms with Crippen molar-refractivity contribution in [1.82, 2.24) is 5.32 Å². The molecule has 2 N–H and O–H groups in total. The zero-order valence-corrected chi connectivity index (χ0v) is 15.4. The SMILES string of the molecule is C=CCOC(=O)CN[C@@H]1[C@H](OC)[C@H](OC)[C@](O)(c2ccccc2)O[C@@H]1C. The smallest absolute Gasteiger partial charge is 0.320 e. The minimum atomic E-state index is -1.67. The molecule has 2 rings (SSSR count). The van der Waals surface area contributed by atoms with Gasteiger partial charge < -0.3 is 24.1 Å². The third-order valence-corrected chi connectivity index (χ3v) is 4.47. The van der Waals surface area contributed by atoms with Crippen LogP contribution in [0.15, 0.2) is 43.0 Å². The van der Waals surface area contributed by atoms with E-state index in [9.17, 15) is 9.90 Å². The molecule has 1 aliphatic rings. The third kappa shape index (κ3) is 4.31. The summed E-state index contributed by atoms with van der Waals surface area (Å²) in [5, 5.41) is 14.3. The summed E-state index contributed by atoms with van der Waals surface area (Å²) in [6, 6.07) is 8.64. The minimum Gasteiger partial charge on any atom is -0.461 e. The van der Waals surface area contributed by atoms with Crippen molar-refractivity contribution in [2.75, 3.05) is 27.4 Å². The van der Waals surface area contributed by atoms with Crippen LogP contribution >= 0.6 is 0 Å². The molecule has 0 spiro atoms. The van der Waals surface area contributed by atoms with E-state index in [-0.39, 0.29) is 19.2 Å². The van der Waals surface area contributed by atoms with E-state index in [1.807, 2.05) is 18.2 Å². The minimum absolute atomic E-state index is 0.0216. The van der Waals surface area contributed by atoms with E-state index in [4.69, 9.17) is 18.9 Å². The molecule has 1 heterocycles. The van der Waals surface area contributed by atoms with Gasteiger partial charge in [0.2, 0.25) is 5.79 Å². The first kappa shape index (κ1) is 20.5. The van der Waals surface area contributed by atoms with Crippen LogP contribution < -0.4 is 5.32 Å². The highest BCUT2D eigenvalue weighted by Gasteiger charge is 2.54. The van der Waals surface area contributed by atoms with Gasteiger partial charge in [0.1, 0.15) is 18.8 Å². The second kappa shape index (κ2) is 9.25. The average Bonchev–Trinajstić information content (AvgIpc) is 2.65. The van der Waals surface area contributed by atoms with Gasteiger partial charge in [-0.1, -0.05) is 43.0 Å². The van der Waals surface area contributed by atoms with Gasteiger partial charge >= 0.3 is 5.97 Å². The third-order valence-electron chi connectivity index (χ3n) is 4.47. The van der Waals surface area contributed by atoms with E-state index in [1.54, 1.807) is 19.1 Å². The largest absolute Gasteiger partial charge is 0.461 e. The van der Waals surface area contributed by atoms with Gasteiger partial charge in [0.25, 0.3) is 0 Å². The normalized spacial score (nSPS) is 31.4. The molecule has 1 aliphatic heterocycles. The van der Waals surface area contributed by atoms with E-state index in [1.165, 1.54) is 20.3 Å². The van der Waals surface area contributed by atoms with Gasteiger partial charge in [0, 0.05) is 19.8 Å². The predicted octanol–water partition coefficient (Wildman–Crippen LogP) is 0.968. The van der Waals surface area contributed by atoms with Crippen molar-refractivity contribution in [3.63, 3.8) is 0 Å². The number of carbonyl (C=O) groups excluding carboxylic acids is 1. The van der Waals surface area contributed by atoms with E-state index >= 15 is 0 Å². The van der Waals surface area contributed by atoms with E-state index < -0.39 is 30.1 Å². The second-order valence-corrected chi connectivity index (χ2v) is 6.12. The number of carbonyl (C=O) groups is 1. The molecule has 0 bridgehead atoms. The predicted molar refractivity (Wildman–Crippen MR) is 95.4 cm³/mol. The van der Waals surface area contributed by atoms with Crippen LogP contribution in [0.2, 0.25) is 0 Å². The summed E-state index contributed by atoms with van der Waals surface area (Å²) >= 11 is 0. The number of esters is 1. The van der Waals surface area contributed by atoms with Crippen molar-refractivity contribution in [3.05, 3.63) is 48.6 Å². The Morgan fingerprint density at radius 1 is 1.35 bits per heavy atom. The van der Waals surface area contributed by atoms with Crippen LogP contribution in [0.5, 0.6) is 0 Å². The monoisotopic (exact) mass is 365 g/mol. The quantitative estimate of drug-likeness (QED) is 0.524. The highest BCUT2D eigenvalue weighted by Crippen LogP contribution is 2.38. The fourth-order valence-corrected chi connectivity index (χ4v) is 3.26. The van der Waals surface area contributed by atoms with Crippen LogP contribution in [0, 0.1) is 0 Å². The molecule has 26 heavy (non-hydrogen) atoms. The van der Waals surface area contributed by atoms with Crippen LogP contribution in [0.25, 0.3) is 0 Å². The molecule has 1 aromatic rings. The van der Waals surface area contributed by atoms with Gasteiger partial charge in [-0.25, -0.2) is 0 Å². The summed E-state index contributed by atoms with van der Waals surface area (Å²) in [5.74, 6) is -2.08. The van der Waals surface area contributed by atoms with Gasteiger partial charge in [0.15, 0.2) is 0 Å². The lowest BCUT2D eigenvalue weighted by Gasteiger charge is -2.49. The summed E-state index contributed by atoms with van der Waals surface area (Å²) in [4.78, 5) is 11.8. The number of benzene rings is 1. The standard InChI is InChI=1S/C19H27NO6/c1-5-11-25-15(21)12-20-16-13(2)26-19(22,14-9-7-6-8-10-14)18(24-4)17(16)23-3/h5-10,13,16-18,20,22H,1,11-12H2,2-4H3/t13-,16+,17+,18+,19+/m1/s1. The zero-order valence-electron chi connectivity index (χ0n) is 15.4. The average molecular weight is 365 g/mol. The van der Waals surface area contributed by atoms with E-state index in [0.717, 1.165) is 0 Å². The molecule has 1 aromatic carbocycles. The maximum Gasteiger partial charge on any atom is 0.320 e. The Hall–Kier alpha value is -1.77. The van der Waals surface area contributed by atoms with Crippen LogP contribution in [0.4, 0.5) is 0 Å². The highest BCUT2D eigenvalue weighted by molar-refractivity contribution is 5.71. The first-order chi connectivity index (χ1) is 12.5. The number of ether oxygens (including phenoxy) is 4. The van der Waals surface area contributed by atoms with Crippen molar-refractivity contribution >= 4 is 5.97 Å². The zero-order chi connectivity index (χ0) is 19.2. The Morgan fingerprint density at radius 3 is 2.62 bits per heavy atom. The lowest BCUT2D eigenvalue weighted by molar-refractivity contribution is -0.342. The van der Waals surface area contributed by atoms with Crippen molar-refractivity contribution in [1.29, 1.82) is 0 Å². The number of rotatable bonds is 8. The van der Waals surface area contributed by atoms with Crippen molar-refractivity contribution in [2.24, 2.45) is 0 Å². The van der Waals surface area contributed by atoms with Crippen molar-refractivity contribution in [3.8, 4) is 0 Å². The van der Waals surface area contributed by atoms with Gasteiger partial charge in [-0.3, -0.25) is 10.1 Å². The topological polar surface area (TPSA) is 86.3 Å². The van der Waals surface area contributed by atoms with Gasteiger partial charge in [0.05, 0.1) is 18.7 Å². The molecular formula is C19H27NO6. The number of methoxy groups -OCH3 is 2. The molecule has 7 heteroatoms. The fourth-order valence-electron chi connectivity index (χ4n) is 3.26. The maximum absolute atomic E-state index is 11.8. The Morgan fingerprint density at radius 2 is 2.04 bits per heavy atom. The van der Waals surface area contributed by atoms with Crippen LogP contribution in [0.1, 0.15) is 12.5 Å². The summed E-state index contributed by atoms with van der Waals surface area (Å²) < 4.78 is 22.1. The Kier molecular flexibility index (Phi) is 7.31. The molecule has 0 saturated carbocycles. The summed E-state index contributed by atoms with van der Waals surface area (Å²) in [6.07, 6.45) is -0.305. The second-order valence-electron chi connectivity index (χ2n) is 6.12. The number of hydrogen-bond acceptors (Lipinski definition) is 7. The highest BCUT2D eigenvalue weighted by atomic mass is 16.7. The van der Waals surface area contributed by atoms with E-state index in [0.29, 0.717) is 5.56 Å². The van der Waals surface area contributed by atoms with Crippen LogP contribution in [-0.4, -0.2) is 62.8 Å². The Balaban J connectivity index is 2.19. The first-order valence-electron chi connectivity index (χ1n) is 8.49. The lowest BCUT2D eigenvalue weighted by Crippen LogP contribution is -2.67. The number of aliphatic hydroxyl groups is 1. The number of nitrogens with one attached hydrogen (secondary N) is 1. The van der Waals surface area contributed by atoms with E-state index in [2.05, 4.69) is 11.9 Å². The molecule has 1 fully saturated rings. The Labute approximate surface area is 153 Å². The summed E-state index contributed by atoms with van der Waals surface area (Å²) in [6.45, 7) is 5.44.